The second-order valence-corrected chi connectivity index (χ2v) is 5.73. The van der Waals surface area contributed by atoms with Gasteiger partial charge in [0.05, 0.1) is 12.3 Å². The molecule has 0 saturated heterocycles. The molecule has 0 radical (unpaired) electrons. The van der Waals surface area contributed by atoms with Crippen LogP contribution in [0.5, 0.6) is 0 Å². The molecule has 0 saturated carbocycles. The van der Waals surface area contributed by atoms with Crippen molar-refractivity contribution in [2.75, 3.05) is 20.6 Å². The van der Waals surface area contributed by atoms with E-state index in [0.717, 1.165) is 5.76 Å². The summed E-state index contributed by atoms with van der Waals surface area (Å²) in [7, 11) is 3.80. The third-order valence-electron chi connectivity index (χ3n) is 3.73. The highest BCUT2D eigenvalue weighted by molar-refractivity contribution is 5.97. The van der Waals surface area contributed by atoms with E-state index >= 15 is 0 Å². The van der Waals surface area contributed by atoms with Crippen LogP contribution in [-0.4, -0.2) is 37.2 Å². The van der Waals surface area contributed by atoms with E-state index in [1.54, 1.807) is 12.3 Å². The van der Waals surface area contributed by atoms with Crippen molar-refractivity contribution >= 4 is 11.7 Å². The fourth-order valence-corrected chi connectivity index (χ4v) is 2.32. The first kappa shape index (κ1) is 17.9. The summed E-state index contributed by atoms with van der Waals surface area (Å²) in [5.41, 5.74) is 0.408. The number of nitrogens with zero attached hydrogens (tertiary/aromatic N) is 1. The molecule has 0 fully saturated rings. The van der Waals surface area contributed by atoms with E-state index in [1.807, 2.05) is 25.1 Å². The summed E-state index contributed by atoms with van der Waals surface area (Å²) in [4.78, 5) is 25.9. The monoisotopic (exact) mass is 332 g/mol. The molecule has 1 atom stereocenters. The number of carbonyl (C=O) groups is 2. The van der Waals surface area contributed by atoms with Crippen LogP contribution in [0.3, 0.4) is 0 Å². The van der Waals surface area contributed by atoms with Gasteiger partial charge in [-0.3, -0.25) is 14.5 Å². The van der Waals surface area contributed by atoms with E-state index in [-0.39, 0.29) is 30.6 Å². The van der Waals surface area contributed by atoms with Crippen molar-refractivity contribution in [3.8, 4) is 0 Å². The van der Waals surface area contributed by atoms with E-state index in [0.29, 0.717) is 12.1 Å². The van der Waals surface area contributed by atoms with Gasteiger partial charge in [0.2, 0.25) is 5.91 Å². The van der Waals surface area contributed by atoms with Crippen molar-refractivity contribution < 1.29 is 18.4 Å². The van der Waals surface area contributed by atoms with Gasteiger partial charge in [-0.05, 0) is 50.5 Å². The number of furan rings is 1. The normalized spacial score (nSPS) is 12.2. The maximum atomic E-state index is 12.8. The van der Waals surface area contributed by atoms with Crippen LogP contribution >= 0.6 is 0 Å². The summed E-state index contributed by atoms with van der Waals surface area (Å²) in [6.07, 6.45) is 1.77. The topological polar surface area (TPSA) is 62.6 Å². The van der Waals surface area contributed by atoms with Gasteiger partial charge >= 0.3 is 0 Å². The molecule has 24 heavy (non-hydrogen) atoms. The lowest BCUT2D eigenvalue weighted by Crippen LogP contribution is -2.34. The second kappa shape index (κ2) is 8.40. The zero-order chi connectivity index (χ0) is 17.5. The SMILES string of the molecule is CN(C)C(CNC(=O)CCC(=O)c1ccc(F)cc1)c1ccco1. The lowest BCUT2D eigenvalue weighted by molar-refractivity contribution is -0.121. The molecule has 1 unspecified atom stereocenters. The Kier molecular flexibility index (Phi) is 6.26. The first-order valence-corrected chi connectivity index (χ1v) is 7.72. The van der Waals surface area contributed by atoms with Gasteiger partial charge in [0.15, 0.2) is 5.78 Å². The molecule has 0 bridgehead atoms. The summed E-state index contributed by atoms with van der Waals surface area (Å²) in [5.74, 6) is -0.0103. The Morgan fingerprint density at radius 1 is 1.17 bits per heavy atom. The molecule has 0 aliphatic rings. The lowest BCUT2D eigenvalue weighted by atomic mass is 10.1. The highest BCUT2D eigenvalue weighted by atomic mass is 19.1. The van der Waals surface area contributed by atoms with Gasteiger partial charge < -0.3 is 9.73 Å². The number of rotatable bonds is 8. The molecule has 1 amide bonds. The van der Waals surface area contributed by atoms with Crippen molar-refractivity contribution in [3.05, 3.63) is 59.8 Å². The van der Waals surface area contributed by atoms with E-state index in [2.05, 4.69) is 5.32 Å². The third kappa shape index (κ3) is 5.03. The zero-order valence-corrected chi connectivity index (χ0v) is 13.8. The van der Waals surface area contributed by atoms with Gasteiger partial charge in [0, 0.05) is 24.9 Å². The van der Waals surface area contributed by atoms with E-state index < -0.39 is 5.82 Å². The van der Waals surface area contributed by atoms with Gasteiger partial charge in [-0.2, -0.15) is 0 Å². The van der Waals surface area contributed by atoms with Crippen molar-refractivity contribution in [1.82, 2.24) is 10.2 Å². The fraction of sp³-hybridized carbons (Fsp3) is 0.333. The number of hydrogen-bond acceptors (Lipinski definition) is 4. The first-order valence-electron chi connectivity index (χ1n) is 7.72. The predicted molar refractivity (Wildman–Crippen MR) is 88.1 cm³/mol. The van der Waals surface area contributed by atoms with E-state index in [9.17, 15) is 14.0 Å². The number of nitrogens with one attached hydrogen (secondary N) is 1. The highest BCUT2D eigenvalue weighted by Crippen LogP contribution is 2.17. The Morgan fingerprint density at radius 3 is 2.46 bits per heavy atom. The summed E-state index contributed by atoms with van der Waals surface area (Å²) in [6, 6.07) is 8.90. The standard InChI is InChI=1S/C18H21FN2O3/c1-21(2)15(17-4-3-11-24-17)12-20-18(23)10-9-16(22)13-5-7-14(19)8-6-13/h3-8,11,15H,9-10,12H2,1-2H3,(H,20,23). The molecular weight excluding hydrogens is 311 g/mol. The quantitative estimate of drug-likeness (QED) is 0.755. The van der Waals surface area contributed by atoms with E-state index in [4.69, 9.17) is 4.42 Å². The maximum absolute atomic E-state index is 12.8. The zero-order valence-electron chi connectivity index (χ0n) is 13.8. The molecule has 1 heterocycles. The number of ketones is 1. The van der Waals surface area contributed by atoms with Gasteiger partial charge in [0.25, 0.3) is 0 Å². The number of Topliss-reactive ketones (excluding diaryl/α,β-unsaturated/α-hetero) is 1. The molecule has 1 aromatic heterocycles. The van der Waals surface area contributed by atoms with Crippen LogP contribution in [0.1, 0.15) is 35.0 Å². The van der Waals surface area contributed by atoms with Crippen LogP contribution in [-0.2, 0) is 4.79 Å². The number of hydrogen-bond donors (Lipinski definition) is 1. The minimum absolute atomic E-state index is 0.0725. The Balaban J connectivity index is 1.80. The Morgan fingerprint density at radius 2 is 1.88 bits per heavy atom. The minimum Gasteiger partial charge on any atom is -0.468 e. The molecule has 0 spiro atoms. The van der Waals surface area contributed by atoms with Gasteiger partial charge in [-0.15, -0.1) is 0 Å². The molecule has 1 aromatic carbocycles. The number of benzene rings is 1. The maximum Gasteiger partial charge on any atom is 0.220 e. The van der Waals surface area contributed by atoms with Gasteiger partial charge in [0.1, 0.15) is 11.6 Å². The average Bonchev–Trinajstić information content (AvgIpc) is 3.07. The number of carbonyl (C=O) groups excluding carboxylic acids is 2. The summed E-state index contributed by atoms with van der Waals surface area (Å²) in [5, 5.41) is 2.82. The van der Waals surface area contributed by atoms with Gasteiger partial charge in [-0.25, -0.2) is 4.39 Å². The Labute approximate surface area is 140 Å². The van der Waals surface area contributed by atoms with Crippen molar-refractivity contribution in [3.63, 3.8) is 0 Å². The molecule has 0 aliphatic carbocycles. The smallest absolute Gasteiger partial charge is 0.220 e. The van der Waals surface area contributed by atoms with Crippen LogP contribution in [0.25, 0.3) is 0 Å². The molecule has 0 aliphatic heterocycles. The lowest BCUT2D eigenvalue weighted by Gasteiger charge is -2.22. The molecule has 6 heteroatoms. The first-order chi connectivity index (χ1) is 11.5. The molecular formula is C18H21FN2O3. The third-order valence-corrected chi connectivity index (χ3v) is 3.73. The summed E-state index contributed by atoms with van der Waals surface area (Å²) >= 11 is 0. The van der Waals surface area contributed by atoms with Crippen LogP contribution < -0.4 is 5.32 Å². The molecule has 1 N–H and O–H groups in total. The number of amides is 1. The summed E-state index contributed by atoms with van der Waals surface area (Å²) < 4.78 is 18.2. The second-order valence-electron chi connectivity index (χ2n) is 5.73. The average molecular weight is 332 g/mol. The summed E-state index contributed by atoms with van der Waals surface area (Å²) in [6.45, 7) is 0.393. The molecule has 128 valence electrons. The van der Waals surface area contributed by atoms with Crippen molar-refractivity contribution in [2.45, 2.75) is 18.9 Å². The van der Waals surface area contributed by atoms with Crippen LogP contribution in [0.15, 0.2) is 47.1 Å². The van der Waals surface area contributed by atoms with Crippen LogP contribution in [0.2, 0.25) is 0 Å². The minimum atomic E-state index is -0.392. The fourth-order valence-electron chi connectivity index (χ4n) is 2.32. The predicted octanol–water partition coefficient (Wildman–Crippen LogP) is 2.80. The number of likely N-dealkylation sites (N-methyl/N-ethyl adjacent to an activating group) is 1. The largest absolute Gasteiger partial charge is 0.468 e. The molecule has 2 rings (SSSR count). The van der Waals surface area contributed by atoms with E-state index in [1.165, 1.54) is 24.3 Å². The molecule has 5 nitrogen and oxygen atoms in total. The number of halogens is 1. The van der Waals surface area contributed by atoms with Crippen LogP contribution in [0, 0.1) is 5.82 Å². The Bertz CT molecular complexity index is 666. The molecule has 2 aromatic rings. The highest BCUT2D eigenvalue weighted by Gasteiger charge is 2.18. The van der Waals surface area contributed by atoms with Gasteiger partial charge in [-0.1, -0.05) is 0 Å². The van der Waals surface area contributed by atoms with Crippen molar-refractivity contribution in [2.24, 2.45) is 0 Å². The Hall–Kier alpha value is -2.47. The van der Waals surface area contributed by atoms with Crippen LogP contribution in [0.4, 0.5) is 4.39 Å². The van der Waals surface area contributed by atoms with Crippen molar-refractivity contribution in [1.29, 1.82) is 0 Å².